The van der Waals surface area contributed by atoms with Crippen LogP contribution in [0.3, 0.4) is 0 Å². The van der Waals surface area contributed by atoms with Gasteiger partial charge in [-0.25, -0.2) is 0 Å². The summed E-state index contributed by atoms with van der Waals surface area (Å²) in [6, 6.07) is 78.1. The molecule has 0 spiro atoms. The van der Waals surface area contributed by atoms with Crippen molar-refractivity contribution in [2.24, 2.45) is 0 Å². The number of benzene rings is 9. The molecule has 0 radical (unpaired) electrons. The summed E-state index contributed by atoms with van der Waals surface area (Å²) in [7, 11) is 0. The van der Waals surface area contributed by atoms with Crippen LogP contribution in [-0.2, 0) is 5.41 Å². The first-order valence-corrected chi connectivity index (χ1v) is 23.7. The molecule has 0 saturated heterocycles. The van der Waals surface area contributed by atoms with E-state index in [2.05, 4.69) is 269 Å². The zero-order valence-corrected chi connectivity index (χ0v) is 39.5. The number of hydrogen-bond donors (Lipinski definition) is 0. The quantitative estimate of drug-likeness (QED) is 0.133. The summed E-state index contributed by atoms with van der Waals surface area (Å²) >= 11 is 0. The normalized spacial score (nSPS) is 12.4. The third kappa shape index (κ3) is 7.49. The van der Waals surface area contributed by atoms with Gasteiger partial charge in [0.15, 0.2) is 0 Å². The van der Waals surface area contributed by atoms with E-state index in [0.717, 1.165) is 28.4 Å². The van der Waals surface area contributed by atoms with E-state index in [1.807, 2.05) is 6.08 Å². The minimum Gasteiger partial charge on any atom is -0.310 e. The van der Waals surface area contributed by atoms with Gasteiger partial charge in [0.05, 0.1) is 16.9 Å². The van der Waals surface area contributed by atoms with Gasteiger partial charge in [-0.3, -0.25) is 0 Å². The van der Waals surface area contributed by atoms with E-state index >= 15 is 0 Å². The highest BCUT2D eigenvalue weighted by molar-refractivity contribution is 5.97. The Morgan fingerprint density at radius 2 is 1.03 bits per heavy atom. The lowest BCUT2D eigenvalue weighted by Gasteiger charge is -2.30. The third-order valence-corrected chi connectivity index (χ3v) is 13.9. The molecule has 68 heavy (non-hydrogen) atoms. The van der Waals surface area contributed by atoms with Crippen LogP contribution in [0.15, 0.2) is 224 Å². The van der Waals surface area contributed by atoms with E-state index in [-0.39, 0.29) is 5.41 Å². The van der Waals surface area contributed by atoms with Gasteiger partial charge >= 0.3 is 0 Å². The molecule has 0 atom stereocenters. The summed E-state index contributed by atoms with van der Waals surface area (Å²) in [5.74, 6) is 0. The second-order valence-electron chi connectivity index (χ2n) is 19.0. The van der Waals surface area contributed by atoms with Crippen LogP contribution < -0.4 is 4.90 Å². The first-order chi connectivity index (χ1) is 33.2. The van der Waals surface area contributed by atoms with Crippen molar-refractivity contribution >= 4 is 40.1 Å². The zero-order chi connectivity index (χ0) is 46.5. The van der Waals surface area contributed by atoms with Gasteiger partial charge in [0.2, 0.25) is 0 Å². The predicted molar refractivity (Wildman–Crippen MR) is 291 cm³/mol. The van der Waals surface area contributed by atoms with Crippen LogP contribution >= 0.6 is 0 Å². The van der Waals surface area contributed by atoms with Crippen molar-refractivity contribution in [3.05, 3.63) is 252 Å². The fraction of sp³-hybridized carbons (Fsp3) is 0.0909. The highest BCUT2D eigenvalue weighted by Gasteiger charge is 2.36. The number of aryl methyl sites for hydroxylation is 1. The van der Waals surface area contributed by atoms with Crippen molar-refractivity contribution in [1.29, 1.82) is 0 Å². The number of allylic oxidation sites excluding steroid dienone is 1. The van der Waals surface area contributed by atoms with Crippen LogP contribution in [0.5, 0.6) is 0 Å². The minimum atomic E-state index is -0.133. The molecule has 2 nitrogen and oxygen atoms in total. The highest BCUT2D eigenvalue weighted by Crippen LogP contribution is 2.51. The van der Waals surface area contributed by atoms with E-state index in [1.54, 1.807) is 0 Å². The molecule has 11 rings (SSSR count). The molecule has 10 aromatic rings. The molecule has 328 valence electrons. The largest absolute Gasteiger partial charge is 0.310 e. The second kappa shape index (κ2) is 17.2. The maximum atomic E-state index is 4.24. The first kappa shape index (κ1) is 42.4. The fourth-order valence-corrected chi connectivity index (χ4v) is 10.5. The molecule has 0 unspecified atom stereocenters. The number of rotatable bonds is 10. The van der Waals surface area contributed by atoms with Gasteiger partial charge in [-0.2, -0.15) is 0 Å². The molecule has 0 fully saturated rings. The van der Waals surface area contributed by atoms with Gasteiger partial charge in [-0.1, -0.05) is 189 Å². The summed E-state index contributed by atoms with van der Waals surface area (Å²) in [5, 5.41) is 1.24. The SMILES string of the molecule is C=Cc1c(C=C(C)C)c2cc(C)ccc2n1-c1ccc(-c2ccc(-c3ccc(N(c4ccc5c(c4)C(C)(C)c4ccccc4-5)c4ccc(-c5ccccc5)cc4-c4ccccc4)cc3)cc2)cc1. The molecule has 0 N–H and O–H groups in total. The lowest BCUT2D eigenvalue weighted by molar-refractivity contribution is 0.660. The van der Waals surface area contributed by atoms with E-state index < -0.39 is 0 Å². The molecule has 1 aromatic heterocycles. The molecule has 9 aromatic carbocycles. The van der Waals surface area contributed by atoms with Crippen LogP contribution in [0.1, 0.15) is 55.6 Å². The van der Waals surface area contributed by atoms with Gasteiger partial charge in [0, 0.05) is 39.0 Å². The average Bonchev–Trinajstić information content (AvgIpc) is 3.80. The van der Waals surface area contributed by atoms with E-state index in [1.165, 1.54) is 94.4 Å². The predicted octanol–water partition coefficient (Wildman–Crippen LogP) is 18.4. The zero-order valence-electron chi connectivity index (χ0n) is 39.5. The Balaban J connectivity index is 0.951. The van der Waals surface area contributed by atoms with Crippen LogP contribution in [0.25, 0.3) is 84.4 Å². The number of hydrogen-bond acceptors (Lipinski definition) is 1. The van der Waals surface area contributed by atoms with Crippen molar-refractivity contribution in [1.82, 2.24) is 4.57 Å². The summed E-state index contributed by atoms with van der Waals surface area (Å²) in [5.41, 5.74) is 25.2. The standard InChI is InChI=1S/C66H54N2/c1-7-63-59(40-44(2)3)60-41-45(4)22-38-65(60)68(63)54-34-29-50(30-35-54)48-25-23-47(24-26-48)49-27-32-53(33-28-49)67(55-36-37-57-56-20-14-15-21-61(56)66(5,6)62(57)43-55)64-39-31-52(46-16-10-8-11-17-46)42-58(64)51-18-12-9-13-19-51/h7-43H,1H2,2-6H3. The summed E-state index contributed by atoms with van der Waals surface area (Å²) < 4.78 is 2.33. The molecule has 2 heteroatoms. The molecule has 0 amide bonds. The average molecular weight is 875 g/mol. The van der Waals surface area contributed by atoms with Gasteiger partial charge in [-0.15, -0.1) is 0 Å². The molecule has 0 saturated carbocycles. The van der Waals surface area contributed by atoms with Gasteiger partial charge in [0.1, 0.15) is 0 Å². The lowest BCUT2D eigenvalue weighted by atomic mass is 9.82. The smallest absolute Gasteiger partial charge is 0.0541 e. The van der Waals surface area contributed by atoms with Crippen LogP contribution in [0.4, 0.5) is 17.1 Å². The highest BCUT2D eigenvalue weighted by atomic mass is 15.1. The van der Waals surface area contributed by atoms with Gasteiger partial charge < -0.3 is 9.47 Å². The van der Waals surface area contributed by atoms with Crippen molar-refractivity contribution < 1.29 is 0 Å². The van der Waals surface area contributed by atoms with Gasteiger partial charge in [0.25, 0.3) is 0 Å². The van der Waals surface area contributed by atoms with Gasteiger partial charge in [-0.05, 0) is 149 Å². The number of nitrogens with zero attached hydrogens (tertiary/aromatic N) is 2. The Morgan fingerprint density at radius 1 is 0.485 bits per heavy atom. The van der Waals surface area contributed by atoms with Crippen LogP contribution in [0.2, 0.25) is 0 Å². The van der Waals surface area contributed by atoms with Crippen molar-refractivity contribution in [2.45, 2.75) is 40.0 Å². The Hall–Kier alpha value is -8.20. The summed E-state index contributed by atoms with van der Waals surface area (Å²) in [6.07, 6.45) is 4.26. The minimum absolute atomic E-state index is 0.133. The molecule has 1 aliphatic carbocycles. The molecule has 0 bridgehead atoms. The van der Waals surface area contributed by atoms with E-state index in [9.17, 15) is 0 Å². The Morgan fingerprint density at radius 3 is 1.68 bits per heavy atom. The summed E-state index contributed by atoms with van der Waals surface area (Å²) in [6.45, 7) is 15.4. The second-order valence-corrected chi connectivity index (χ2v) is 19.0. The number of anilines is 3. The Bertz CT molecular complexity index is 3530. The topological polar surface area (TPSA) is 8.17 Å². The molecular weight excluding hydrogens is 821 g/mol. The van der Waals surface area contributed by atoms with E-state index in [4.69, 9.17) is 0 Å². The molecule has 0 aliphatic heterocycles. The van der Waals surface area contributed by atoms with Crippen molar-refractivity contribution in [2.75, 3.05) is 4.90 Å². The number of fused-ring (bicyclic) bond motifs is 4. The van der Waals surface area contributed by atoms with Crippen molar-refractivity contribution in [3.8, 4) is 61.3 Å². The lowest BCUT2D eigenvalue weighted by Crippen LogP contribution is -2.17. The van der Waals surface area contributed by atoms with E-state index in [0.29, 0.717) is 0 Å². The third-order valence-electron chi connectivity index (χ3n) is 13.9. The Labute approximate surface area is 401 Å². The first-order valence-electron chi connectivity index (χ1n) is 23.7. The fourth-order valence-electron chi connectivity index (χ4n) is 10.5. The Kier molecular flexibility index (Phi) is 10.7. The monoisotopic (exact) mass is 874 g/mol. The molecule has 1 aliphatic rings. The summed E-state index contributed by atoms with van der Waals surface area (Å²) in [4.78, 5) is 2.45. The van der Waals surface area contributed by atoms with Crippen molar-refractivity contribution in [3.63, 3.8) is 0 Å². The number of aromatic nitrogens is 1. The van der Waals surface area contributed by atoms with Crippen LogP contribution in [0, 0.1) is 6.92 Å². The maximum Gasteiger partial charge on any atom is 0.0541 e. The van der Waals surface area contributed by atoms with Crippen LogP contribution in [-0.4, -0.2) is 4.57 Å². The molecule has 1 heterocycles. The molecular formula is C66H54N2. The maximum absolute atomic E-state index is 4.24.